The van der Waals surface area contributed by atoms with Crippen LogP contribution in [-0.4, -0.2) is 40.7 Å². The zero-order valence-corrected chi connectivity index (χ0v) is 16.7. The van der Waals surface area contributed by atoms with Crippen LogP contribution in [0.4, 0.5) is 0 Å². The third-order valence-corrected chi connectivity index (χ3v) is 5.68. The molecule has 1 fully saturated rings. The summed E-state index contributed by atoms with van der Waals surface area (Å²) in [4.78, 5) is 0. The summed E-state index contributed by atoms with van der Waals surface area (Å²) in [5.41, 5.74) is 3.14. The Morgan fingerprint density at radius 2 is 1.73 bits per heavy atom. The van der Waals surface area contributed by atoms with E-state index in [0.29, 0.717) is 30.7 Å². The second-order valence-electron chi connectivity index (χ2n) is 7.34. The highest BCUT2D eigenvalue weighted by molar-refractivity contribution is 5.64. The molecule has 0 spiro atoms. The van der Waals surface area contributed by atoms with Crippen molar-refractivity contribution < 1.29 is 13.9 Å². The molecule has 0 unspecified atom stereocenters. The summed E-state index contributed by atoms with van der Waals surface area (Å²) >= 11 is 0. The Balaban J connectivity index is 1.53. The molecule has 0 radical (unpaired) electrons. The molecular formula is C23H22N4O3. The highest BCUT2D eigenvalue weighted by Crippen LogP contribution is 2.44. The number of hydrogen-bond donors (Lipinski definition) is 1. The summed E-state index contributed by atoms with van der Waals surface area (Å²) in [5, 5.41) is 16.2. The number of H-pyrrole nitrogens is 1. The van der Waals surface area contributed by atoms with Crippen molar-refractivity contribution in [2.45, 2.75) is 18.3 Å². The van der Waals surface area contributed by atoms with Crippen molar-refractivity contribution in [2.75, 3.05) is 20.3 Å². The second-order valence-corrected chi connectivity index (χ2v) is 7.34. The molecule has 1 N–H and O–H groups in total. The molecule has 0 bridgehead atoms. The van der Waals surface area contributed by atoms with Crippen molar-refractivity contribution in [3.05, 3.63) is 72.1 Å². The van der Waals surface area contributed by atoms with Gasteiger partial charge in [0.1, 0.15) is 11.4 Å². The topological polar surface area (TPSA) is 86.1 Å². The third kappa shape index (κ3) is 3.17. The number of para-hydroxylation sites is 1. The van der Waals surface area contributed by atoms with Crippen molar-refractivity contribution in [3.8, 4) is 28.6 Å². The van der Waals surface area contributed by atoms with Crippen molar-refractivity contribution >= 4 is 0 Å². The third-order valence-electron chi connectivity index (χ3n) is 5.68. The number of nitrogens with zero attached hydrogens (tertiary/aromatic N) is 3. The number of rotatable bonds is 5. The van der Waals surface area contributed by atoms with Gasteiger partial charge in [-0.2, -0.15) is 5.10 Å². The quantitative estimate of drug-likeness (QED) is 0.538. The molecule has 152 valence electrons. The molecule has 0 amide bonds. The lowest BCUT2D eigenvalue weighted by atomic mass is 9.73. The molecule has 0 atom stereocenters. The molecule has 30 heavy (non-hydrogen) atoms. The molecule has 2 aromatic heterocycles. The van der Waals surface area contributed by atoms with Gasteiger partial charge in [-0.15, -0.1) is 10.2 Å². The number of methoxy groups -OCH3 is 1. The van der Waals surface area contributed by atoms with E-state index >= 15 is 0 Å². The van der Waals surface area contributed by atoms with Gasteiger partial charge in [0.25, 0.3) is 5.89 Å². The van der Waals surface area contributed by atoms with Crippen LogP contribution in [0.2, 0.25) is 0 Å². The van der Waals surface area contributed by atoms with Crippen LogP contribution in [-0.2, 0) is 10.2 Å². The van der Waals surface area contributed by atoms with Crippen LogP contribution in [0.1, 0.15) is 24.3 Å². The zero-order valence-electron chi connectivity index (χ0n) is 16.7. The van der Waals surface area contributed by atoms with E-state index in [1.165, 1.54) is 0 Å². The van der Waals surface area contributed by atoms with E-state index in [4.69, 9.17) is 13.9 Å². The van der Waals surface area contributed by atoms with Gasteiger partial charge >= 0.3 is 0 Å². The summed E-state index contributed by atoms with van der Waals surface area (Å²) in [7, 11) is 1.68. The van der Waals surface area contributed by atoms with Gasteiger partial charge in [-0.1, -0.05) is 48.5 Å². The average Bonchev–Trinajstić information content (AvgIpc) is 3.50. The predicted octanol–water partition coefficient (Wildman–Crippen LogP) is 4.23. The summed E-state index contributed by atoms with van der Waals surface area (Å²) in [6.45, 7) is 1.25. The molecule has 1 aliphatic rings. The fraction of sp³-hybridized carbons (Fsp3) is 0.261. The van der Waals surface area contributed by atoms with Crippen LogP contribution in [0, 0.1) is 0 Å². The number of aromatic nitrogens is 4. The minimum Gasteiger partial charge on any atom is -0.496 e. The van der Waals surface area contributed by atoms with Crippen LogP contribution in [0.25, 0.3) is 22.8 Å². The van der Waals surface area contributed by atoms with E-state index < -0.39 is 5.41 Å². The Kier molecular flexibility index (Phi) is 4.80. The Bertz CT molecular complexity index is 1130. The van der Waals surface area contributed by atoms with Gasteiger partial charge in [-0.3, -0.25) is 5.10 Å². The lowest BCUT2D eigenvalue weighted by molar-refractivity contribution is 0.0538. The van der Waals surface area contributed by atoms with Gasteiger partial charge in [-0.25, -0.2) is 0 Å². The zero-order chi connectivity index (χ0) is 20.4. The number of nitrogens with one attached hydrogen (secondary N) is 1. The molecule has 1 saturated heterocycles. The highest BCUT2D eigenvalue weighted by Gasteiger charge is 2.43. The Morgan fingerprint density at radius 1 is 0.967 bits per heavy atom. The lowest BCUT2D eigenvalue weighted by Crippen LogP contribution is -2.35. The van der Waals surface area contributed by atoms with Gasteiger partial charge in [0.2, 0.25) is 5.89 Å². The first kappa shape index (κ1) is 18.6. The summed E-state index contributed by atoms with van der Waals surface area (Å²) in [5.74, 6) is 1.80. The first-order valence-corrected chi connectivity index (χ1v) is 9.96. The molecule has 0 aliphatic carbocycles. The maximum atomic E-state index is 6.21. The second kappa shape index (κ2) is 7.76. The molecule has 0 saturated carbocycles. The molecular weight excluding hydrogens is 380 g/mol. The molecule has 7 nitrogen and oxygen atoms in total. The Labute approximate surface area is 174 Å². The van der Waals surface area contributed by atoms with E-state index in [1.807, 2.05) is 54.6 Å². The Hall–Kier alpha value is -3.45. The summed E-state index contributed by atoms with van der Waals surface area (Å²) in [6, 6.07) is 19.9. The van der Waals surface area contributed by atoms with Crippen LogP contribution in [0.5, 0.6) is 5.75 Å². The largest absolute Gasteiger partial charge is 0.496 e. The van der Waals surface area contributed by atoms with Crippen LogP contribution >= 0.6 is 0 Å². The fourth-order valence-electron chi connectivity index (χ4n) is 4.07. The number of ether oxygens (including phenoxy) is 2. The van der Waals surface area contributed by atoms with E-state index in [0.717, 1.165) is 35.4 Å². The molecule has 3 heterocycles. The number of hydrogen-bond acceptors (Lipinski definition) is 6. The molecule has 7 heteroatoms. The maximum absolute atomic E-state index is 6.21. The van der Waals surface area contributed by atoms with Crippen LogP contribution in [0.3, 0.4) is 0 Å². The number of benzene rings is 2. The maximum Gasteiger partial charge on any atom is 0.265 e. The SMILES string of the molecule is COc1ccccc1C1(c2nnc(-c3cc(-c4ccccc4)n[nH]3)o2)CCOCC1. The average molecular weight is 402 g/mol. The lowest BCUT2D eigenvalue weighted by Gasteiger charge is -2.35. The smallest absolute Gasteiger partial charge is 0.265 e. The van der Waals surface area contributed by atoms with Gasteiger partial charge in [0.15, 0.2) is 0 Å². The summed E-state index contributed by atoms with van der Waals surface area (Å²) in [6.07, 6.45) is 1.49. The first-order chi connectivity index (χ1) is 14.8. The van der Waals surface area contributed by atoms with Gasteiger partial charge in [0.05, 0.1) is 18.2 Å². The van der Waals surface area contributed by atoms with E-state index in [2.05, 4.69) is 26.5 Å². The minimum atomic E-state index is -0.446. The summed E-state index contributed by atoms with van der Waals surface area (Å²) < 4.78 is 17.5. The fourth-order valence-corrected chi connectivity index (χ4v) is 4.07. The predicted molar refractivity (Wildman–Crippen MR) is 111 cm³/mol. The minimum absolute atomic E-state index is 0.417. The van der Waals surface area contributed by atoms with E-state index in [9.17, 15) is 0 Å². The highest BCUT2D eigenvalue weighted by atomic mass is 16.5. The molecule has 2 aromatic carbocycles. The van der Waals surface area contributed by atoms with Crippen molar-refractivity contribution in [3.63, 3.8) is 0 Å². The van der Waals surface area contributed by atoms with Crippen LogP contribution in [0.15, 0.2) is 65.1 Å². The molecule has 4 aromatic rings. The van der Waals surface area contributed by atoms with Gasteiger partial charge in [0, 0.05) is 24.3 Å². The Morgan fingerprint density at radius 3 is 2.53 bits per heavy atom. The van der Waals surface area contributed by atoms with Gasteiger partial charge in [-0.05, 0) is 25.0 Å². The van der Waals surface area contributed by atoms with E-state index in [1.54, 1.807) is 7.11 Å². The van der Waals surface area contributed by atoms with Crippen LogP contribution < -0.4 is 4.74 Å². The normalized spacial score (nSPS) is 15.8. The van der Waals surface area contributed by atoms with Crippen molar-refractivity contribution in [1.29, 1.82) is 0 Å². The standard InChI is InChI=1S/C23H22N4O3/c1-28-20-10-6-5-9-17(20)23(11-13-29-14-12-23)22-27-26-21(30-22)19-15-18(24-25-19)16-7-3-2-4-8-16/h2-10,15H,11-14H2,1H3,(H,24,25). The van der Waals surface area contributed by atoms with Gasteiger partial charge < -0.3 is 13.9 Å². The van der Waals surface area contributed by atoms with E-state index in [-0.39, 0.29) is 0 Å². The first-order valence-electron chi connectivity index (χ1n) is 9.96. The van der Waals surface area contributed by atoms with Crippen molar-refractivity contribution in [2.24, 2.45) is 0 Å². The molecule has 1 aliphatic heterocycles. The van der Waals surface area contributed by atoms with Crippen molar-refractivity contribution in [1.82, 2.24) is 20.4 Å². The number of aromatic amines is 1. The molecule has 5 rings (SSSR count). The monoisotopic (exact) mass is 402 g/mol.